The van der Waals surface area contributed by atoms with Crippen LogP contribution in [0.25, 0.3) is 0 Å². The van der Waals surface area contributed by atoms with Crippen LogP contribution in [0, 0.1) is 22.7 Å². The Morgan fingerprint density at radius 3 is 2.47 bits per heavy atom. The number of benzene rings is 1. The van der Waals surface area contributed by atoms with E-state index in [9.17, 15) is 28.1 Å². The quantitative estimate of drug-likeness (QED) is 0.384. The van der Waals surface area contributed by atoms with Gasteiger partial charge in [-0.25, -0.2) is 13.2 Å². The van der Waals surface area contributed by atoms with Gasteiger partial charge >= 0.3 is 6.09 Å². The van der Waals surface area contributed by atoms with E-state index < -0.39 is 45.6 Å². The summed E-state index contributed by atoms with van der Waals surface area (Å²) in [5.41, 5.74) is -0.986. The summed E-state index contributed by atoms with van der Waals surface area (Å²) in [6.45, 7) is -0.293. The highest BCUT2D eigenvalue weighted by atomic mass is 32.2. The van der Waals surface area contributed by atoms with E-state index in [0.29, 0.717) is 16.0 Å². The number of sulfone groups is 1. The van der Waals surface area contributed by atoms with Crippen molar-refractivity contribution in [3.8, 4) is 12.1 Å². The summed E-state index contributed by atoms with van der Waals surface area (Å²) in [4.78, 5) is 39.1. The third-order valence-electron chi connectivity index (χ3n) is 5.06. The molecule has 3 N–H and O–H groups in total. The van der Waals surface area contributed by atoms with Crippen molar-refractivity contribution in [1.82, 2.24) is 16.0 Å². The predicted molar refractivity (Wildman–Crippen MR) is 131 cm³/mol. The van der Waals surface area contributed by atoms with Crippen LogP contribution in [0.2, 0.25) is 0 Å². The number of carbonyl (C=O) groups is 3. The summed E-state index contributed by atoms with van der Waals surface area (Å²) >= 11 is 1.22. The molecule has 1 unspecified atom stereocenters. The van der Waals surface area contributed by atoms with Crippen molar-refractivity contribution >= 4 is 39.1 Å². The second-order valence-corrected chi connectivity index (χ2v) is 11.3. The standard InChI is InChI=1S/C23H25N5O6S2/c1-34-22(31)28-23(8-9-36(2,32)33,11-16-4-3-5-17(10-16)12-24)21(30)27-15-20(29)26-14-19-7-6-18(13-25)35-19/h3-7,10H,8-9,11,14-15H2,1-2H3,(H,26,29)(H,27,30)(H,28,31). The third-order valence-corrected chi connectivity index (χ3v) is 7.00. The second kappa shape index (κ2) is 12.7. The SMILES string of the molecule is COC(=O)NC(CCS(C)(=O)=O)(Cc1cccc(C#N)c1)C(=O)NCC(=O)NCc1ccc(C#N)s1. The van der Waals surface area contributed by atoms with Crippen LogP contribution in [-0.4, -0.2) is 57.5 Å². The lowest BCUT2D eigenvalue weighted by molar-refractivity contribution is -0.130. The van der Waals surface area contributed by atoms with Crippen LogP contribution in [-0.2, 0) is 37.1 Å². The highest BCUT2D eigenvalue weighted by Gasteiger charge is 2.41. The Hall–Kier alpha value is -3.94. The first-order valence-corrected chi connectivity index (χ1v) is 13.4. The van der Waals surface area contributed by atoms with Gasteiger partial charge in [-0.1, -0.05) is 12.1 Å². The van der Waals surface area contributed by atoms with Crippen LogP contribution < -0.4 is 16.0 Å². The molecule has 1 aromatic heterocycles. The highest BCUT2D eigenvalue weighted by Crippen LogP contribution is 2.21. The maximum atomic E-state index is 13.4. The number of nitriles is 2. The first kappa shape index (κ1) is 28.3. The lowest BCUT2D eigenvalue weighted by Gasteiger charge is -2.33. The zero-order valence-electron chi connectivity index (χ0n) is 19.7. The fourth-order valence-corrected chi connectivity index (χ4v) is 4.73. The molecule has 13 heteroatoms. The average molecular weight is 532 g/mol. The van der Waals surface area contributed by atoms with E-state index in [1.54, 1.807) is 30.3 Å². The Bertz CT molecular complexity index is 1310. The molecule has 2 aromatic rings. The number of ether oxygens (including phenoxy) is 1. The molecule has 36 heavy (non-hydrogen) atoms. The van der Waals surface area contributed by atoms with E-state index in [2.05, 4.69) is 20.7 Å². The van der Waals surface area contributed by atoms with Crippen molar-refractivity contribution in [3.63, 3.8) is 0 Å². The molecule has 1 atom stereocenters. The molecule has 0 saturated heterocycles. The second-order valence-electron chi connectivity index (χ2n) is 7.90. The van der Waals surface area contributed by atoms with Gasteiger partial charge in [0.1, 0.15) is 26.3 Å². The number of rotatable bonds is 11. The molecule has 0 spiro atoms. The minimum Gasteiger partial charge on any atom is -0.453 e. The summed E-state index contributed by atoms with van der Waals surface area (Å²) in [5, 5.41) is 25.6. The number of alkyl carbamates (subject to hydrolysis) is 1. The topological polar surface area (TPSA) is 178 Å². The molecule has 0 fully saturated rings. The summed E-state index contributed by atoms with van der Waals surface area (Å²) in [6.07, 6.45) is -0.435. The van der Waals surface area contributed by atoms with Gasteiger partial charge < -0.3 is 20.7 Å². The number of hydrogen-bond acceptors (Lipinski definition) is 9. The maximum Gasteiger partial charge on any atom is 0.407 e. The number of carbonyl (C=O) groups excluding carboxylic acids is 3. The lowest BCUT2D eigenvalue weighted by atomic mass is 9.86. The Labute approximate surface area is 213 Å². The summed E-state index contributed by atoms with van der Waals surface area (Å²) in [6, 6.07) is 13.6. The third kappa shape index (κ3) is 8.69. The molecule has 0 saturated carbocycles. The highest BCUT2D eigenvalue weighted by molar-refractivity contribution is 7.90. The van der Waals surface area contributed by atoms with Crippen molar-refractivity contribution < 1.29 is 27.5 Å². The van der Waals surface area contributed by atoms with E-state index in [-0.39, 0.29) is 19.4 Å². The fourth-order valence-electron chi connectivity index (χ4n) is 3.26. The van der Waals surface area contributed by atoms with Gasteiger partial charge in [-0.15, -0.1) is 11.3 Å². The minimum absolute atomic E-state index is 0.154. The summed E-state index contributed by atoms with van der Waals surface area (Å²) in [7, 11) is -2.44. The molecule has 0 aliphatic heterocycles. The monoisotopic (exact) mass is 531 g/mol. The van der Waals surface area contributed by atoms with Crippen molar-refractivity contribution in [3.05, 3.63) is 57.3 Å². The summed E-state index contributed by atoms with van der Waals surface area (Å²) < 4.78 is 28.5. The van der Waals surface area contributed by atoms with Crippen LogP contribution >= 0.6 is 11.3 Å². The van der Waals surface area contributed by atoms with Crippen molar-refractivity contribution in [2.75, 3.05) is 25.7 Å². The summed E-state index contributed by atoms with van der Waals surface area (Å²) in [5.74, 6) is -1.76. The Balaban J connectivity index is 2.24. The normalized spacial score (nSPS) is 12.3. The van der Waals surface area contributed by atoms with Gasteiger partial charge in [0.05, 0.1) is 37.6 Å². The lowest BCUT2D eigenvalue weighted by Crippen LogP contribution is -2.61. The van der Waals surface area contributed by atoms with Crippen molar-refractivity contribution in [2.24, 2.45) is 0 Å². The molecule has 190 valence electrons. The molecule has 0 aliphatic carbocycles. The Kier molecular flexibility index (Phi) is 9.96. The number of methoxy groups -OCH3 is 1. The molecule has 1 aromatic carbocycles. The number of amides is 3. The van der Waals surface area contributed by atoms with Crippen molar-refractivity contribution in [2.45, 2.75) is 24.9 Å². The number of thiophene rings is 1. The number of nitrogens with one attached hydrogen (secondary N) is 3. The number of hydrogen-bond donors (Lipinski definition) is 3. The van der Waals surface area contributed by atoms with E-state index in [1.165, 1.54) is 17.4 Å². The van der Waals surface area contributed by atoms with Gasteiger partial charge in [0.25, 0.3) is 0 Å². The molecule has 0 radical (unpaired) electrons. The molecule has 0 aliphatic rings. The predicted octanol–water partition coefficient (Wildman–Crippen LogP) is 0.996. The van der Waals surface area contributed by atoms with E-state index in [4.69, 9.17) is 5.26 Å². The minimum atomic E-state index is -3.53. The largest absolute Gasteiger partial charge is 0.453 e. The van der Waals surface area contributed by atoms with Gasteiger partial charge in [-0.2, -0.15) is 10.5 Å². The van der Waals surface area contributed by atoms with Crippen LogP contribution in [0.1, 0.15) is 27.3 Å². The maximum absolute atomic E-state index is 13.4. The fraction of sp³-hybridized carbons (Fsp3) is 0.348. The number of nitrogens with zero attached hydrogens (tertiary/aromatic N) is 2. The zero-order chi connectivity index (χ0) is 26.8. The molecule has 0 bridgehead atoms. The molecule has 1 heterocycles. The van der Waals surface area contributed by atoms with Gasteiger partial charge in [-0.05, 0) is 36.2 Å². The Morgan fingerprint density at radius 1 is 1.11 bits per heavy atom. The van der Waals surface area contributed by atoms with E-state index >= 15 is 0 Å². The molecular weight excluding hydrogens is 506 g/mol. The van der Waals surface area contributed by atoms with Crippen LogP contribution in [0.3, 0.4) is 0 Å². The van der Waals surface area contributed by atoms with Crippen LogP contribution in [0.5, 0.6) is 0 Å². The van der Waals surface area contributed by atoms with Gasteiger partial charge in [0.15, 0.2) is 0 Å². The van der Waals surface area contributed by atoms with Gasteiger partial charge in [-0.3, -0.25) is 9.59 Å². The zero-order valence-corrected chi connectivity index (χ0v) is 21.3. The van der Waals surface area contributed by atoms with Crippen LogP contribution in [0.15, 0.2) is 36.4 Å². The van der Waals surface area contributed by atoms with E-state index in [1.807, 2.05) is 12.1 Å². The van der Waals surface area contributed by atoms with Crippen molar-refractivity contribution in [1.29, 1.82) is 10.5 Å². The molecule has 3 amide bonds. The smallest absolute Gasteiger partial charge is 0.407 e. The van der Waals surface area contributed by atoms with Gasteiger partial charge in [0, 0.05) is 17.6 Å². The van der Waals surface area contributed by atoms with Crippen LogP contribution in [0.4, 0.5) is 4.79 Å². The molecular formula is C23H25N5O6S2. The first-order valence-electron chi connectivity index (χ1n) is 10.6. The van der Waals surface area contributed by atoms with Gasteiger partial charge in [0.2, 0.25) is 11.8 Å². The van der Waals surface area contributed by atoms with E-state index in [0.717, 1.165) is 18.2 Å². The Morgan fingerprint density at radius 2 is 1.86 bits per heavy atom. The molecule has 11 nitrogen and oxygen atoms in total. The molecule has 2 rings (SSSR count). The average Bonchev–Trinajstić information content (AvgIpc) is 3.32. The first-order chi connectivity index (χ1) is 17.0.